The number of amides is 1. The average molecular weight is 284 g/mol. The molecule has 0 fully saturated rings. The zero-order valence-electron chi connectivity index (χ0n) is 12.1. The Kier molecular flexibility index (Phi) is 5.35. The molecular formula is C17H20N2O2. The first-order chi connectivity index (χ1) is 10.2. The van der Waals surface area contributed by atoms with Crippen molar-refractivity contribution >= 4 is 17.3 Å². The lowest BCUT2D eigenvalue weighted by Gasteiger charge is -2.22. The molecular weight excluding hydrogens is 264 g/mol. The largest absolute Gasteiger partial charge is 0.395 e. The van der Waals surface area contributed by atoms with Crippen molar-refractivity contribution < 1.29 is 9.90 Å². The van der Waals surface area contributed by atoms with Gasteiger partial charge in [0.05, 0.1) is 6.61 Å². The number of carbonyl (C=O) groups is 1. The van der Waals surface area contributed by atoms with Crippen LogP contribution < -0.4 is 10.2 Å². The number of benzene rings is 2. The van der Waals surface area contributed by atoms with Gasteiger partial charge in [-0.3, -0.25) is 4.79 Å². The Morgan fingerprint density at radius 2 is 1.76 bits per heavy atom. The molecule has 0 aliphatic heterocycles. The lowest BCUT2D eigenvalue weighted by Crippen LogP contribution is -2.26. The van der Waals surface area contributed by atoms with Gasteiger partial charge in [-0.05, 0) is 43.3 Å². The Labute approximate surface area is 125 Å². The highest BCUT2D eigenvalue weighted by Gasteiger charge is 2.06. The maximum atomic E-state index is 12.0. The smallest absolute Gasteiger partial charge is 0.255 e. The Bertz CT molecular complexity index is 567. The summed E-state index contributed by atoms with van der Waals surface area (Å²) in [6.07, 6.45) is 0. The Morgan fingerprint density at radius 1 is 1.10 bits per heavy atom. The third kappa shape index (κ3) is 4.07. The minimum absolute atomic E-state index is 0.119. The fraction of sp³-hybridized carbons (Fsp3) is 0.235. The molecule has 2 rings (SSSR count). The summed E-state index contributed by atoms with van der Waals surface area (Å²) in [4.78, 5) is 14.1. The number of likely N-dealkylation sites (N-methyl/N-ethyl adjacent to an activating group) is 1. The summed E-state index contributed by atoms with van der Waals surface area (Å²) >= 11 is 0. The van der Waals surface area contributed by atoms with Gasteiger partial charge in [0, 0.05) is 30.0 Å². The summed E-state index contributed by atoms with van der Waals surface area (Å²) in [5, 5.41) is 11.9. The van der Waals surface area contributed by atoms with Gasteiger partial charge in [-0.15, -0.1) is 0 Å². The average Bonchev–Trinajstić information content (AvgIpc) is 2.54. The zero-order chi connectivity index (χ0) is 15.1. The van der Waals surface area contributed by atoms with Gasteiger partial charge in [-0.2, -0.15) is 0 Å². The molecule has 0 bridgehead atoms. The van der Waals surface area contributed by atoms with Crippen molar-refractivity contribution in [3.63, 3.8) is 0 Å². The zero-order valence-corrected chi connectivity index (χ0v) is 12.1. The number of rotatable bonds is 6. The van der Waals surface area contributed by atoms with E-state index in [0.29, 0.717) is 12.1 Å². The van der Waals surface area contributed by atoms with Crippen molar-refractivity contribution in [3.8, 4) is 0 Å². The van der Waals surface area contributed by atoms with E-state index in [2.05, 4.69) is 10.2 Å². The van der Waals surface area contributed by atoms with Gasteiger partial charge in [-0.25, -0.2) is 0 Å². The van der Waals surface area contributed by atoms with Gasteiger partial charge < -0.3 is 15.3 Å². The molecule has 0 aliphatic rings. The topological polar surface area (TPSA) is 52.6 Å². The van der Waals surface area contributed by atoms with E-state index in [1.807, 2.05) is 49.4 Å². The number of aliphatic hydroxyl groups is 1. The summed E-state index contributed by atoms with van der Waals surface area (Å²) in [7, 11) is 0. The molecule has 4 heteroatoms. The van der Waals surface area contributed by atoms with E-state index in [9.17, 15) is 4.79 Å². The lowest BCUT2D eigenvalue weighted by atomic mass is 10.2. The summed E-state index contributed by atoms with van der Waals surface area (Å²) in [5.74, 6) is -0.119. The van der Waals surface area contributed by atoms with Crippen molar-refractivity contribution in [2.75, 3.05) is 29.9 Å². The van der Waals surface area contributed by atoms with Gasteiger partial charge in [0.2, 0.25) is 0 Å². The lowest BCUT2D eigenvalue weighted by molar-refractivity contribution is 0.102. The number of anilines is 2. The van der Waals surface area contributed by atoms with Crippen molar-refractivity contribution in [1.82, 2.24) is 0 Å². The number of hydrogen-bond acceptors (Lipinski definition) is 3. The molecule has 0 aliphatic carbocycles. The van der Waals surface area contributed by atoms with Crippen LogP contribution in [0.15, 0.2) is 54.6 Å². The van der Waals surface area contributed by atoms with Crippen LogP contribution in [0.4, 0.5) is 11.4 Å². The SMILES string of the molecule is CCN(CCO)c1ccc(NC(=O)c2ccccc2)cc1. The second-order valence-electron chi connectivity index (χ2n) is 4.67. The number of carbonyl (C=O) groups excluding carboxylic acids is 1. The van der Waals surface area contributed by atoms with Crippen LogP contribution in [0.25, 0.3) is 0 Å². The summed E-state index contributed by atoms with van der Waals surface area (Å²) in [6, 6.07) is 16.8. The quantitative estimate of drug-likeness (QED) is 0.857. The molecule has 1 amide bonds. The molecule has 0 saturated carbocycles. The fourth-order valence-electron chi connectivity index (χ4n) is 2.14. The fourth-order valence-corrected chi connectivity index (χ4v) is 2.14. The molecule has 2 N–H and O–H groups in total. The standard InChI is InChI=1S/C17H20N2O2/c1-2-19(12-13-20)16-10-8-15(9-11-16)18-17(21)14-6-4-3-5-7-14/h3-11,20H,2,12-13H2,1H3,(H,18,21). The summed E-state index contributed by atoms with van der Waals surface area (Å²) < 4.78 is 0. The van der Waals surface area contributed by atoms with E-state index in [4.69, 9.17) is 5.11 Å². The maximum absolute atomic E-state index is 12.0. The maximum Gasteiger partial charge on any atom is 0.255 e. The van der Waals surface area contributed by atoms with Crippen molar-refractivity contribution in [1.29, 1.82) is 0 Å². The van der Waals surface area contributed by atoms with E-state index in [1.54, 1.807) is 12.1 Å². The highest BCUT2D eigenvalue weighted by Crippen LogP contribution is 2.18. The molecule has 0 unspecified atom stereocenters. The van der Waals surface area contributed by atoms with Crippen LogP contribution in [0.2, 0.25) is 0 Å². The molecule has 0 saturated heterocycles. The molecule has 0 radical (unpaired) electrons. The third-order valence-corrected chi connectivity index (χ3v) is 3.28. The predicted molar refractivity (Wildman–Crippen MR) is 85.8 cm³/mol. The molecule has 0 spiro atoms. The monoisotopic (exact) mass is 284 g/mol. The Hall–Kier alpha value is -2.33. The number of nitrogens with one attached hydrogen (secondary N) is 1. The highest BCUT2D eigenvalue weighted by atomic mass is 16.3. The third-order valence-electron chi connectivity index (χ3n) is 3.28. The number of aliphatic hydroxyl groups excluding tert-OH is 1. The summed E-state index contributed by atoms with van der Waals surface area (Å²) in [5.41, 5.74) is 2.42. The van der Waals surface area contributed by atoms with Gasteiger partial charge in [0.25, 0.3) is 5.91 Å². The molecule has 0 heterocycles. The van der Waals surface area contributed by atoms with Crippen LogP contribution in [-0.4, -0.2) is 30.7 Å². The molecule has 0 aromatic heterocycles. The minimum Gasteiger partial charge on any atom is -0.395 e. The van der Waals surface area contributed by atoms with E-state index in [-0.39, 0.29) is 12.5 Å². The van der Waals surface area contributed by atoms with Gasteiger partial charge >= 0.3 is 0 Å². The number of hydrogen-bond donors (Lipinski definition) is 2. The highest BCUT2D eigenvalue weighted by molar-refractivity contribution is 6.04. The van der Waals surface area contributed by atoms with Crippen molar-refractivity contribution in [2.24, 2.45) is 0 Å². The molecule has 0 atom stereocenters. The first-order valence-electron chi connectivity index (χ1n) is 7.07. The first kappa shape index (κ1) is 15.1. The van der Waals surface area contributed by atoms with Crippen LogP contribution in [0.5, 0.6) is 0 Å². The number of nitrogens with zero attached hydrogens (tertiary/aromatic N) is 1. The van der Waals surface area contributed by atoms with Gasteiger partial charge in [-0.1, -0.05) is 18.2 Å². The van der Waals surface area contributed by atoms with Crippen LogP contribution in [0.1, 0.15) is 17.3 Å². The summed E-state index contributed by atoms with van der Waals surface area (Å²) in [6.45, 7) is 3.60. The van der Waals surface area contributed by atoms with Crippen LogP contribution in [-0.2, 0) is 0 Å². The first-order valence-corrected chi connectivity index (χ1v) is 7.07. The second-order valence-corrected chi connectivity index (χ2v) is 4.67. The minimum atomic E-state index is -0.119. The van der Waals surface area contributed by atoms with Gasteiger partial charge in [0.1, 0.15) is 0 Å². The van der Waals surface area contributed by atoms with Crippen LogP contribution in [0, 0.1) is 0 Å². The van der Waals surface area contributed by atoms with Crippen molar-refractivity contribution in [3.05, 3.63) is 60.2 Å². The second kappa shape index (κ2) is 7.45. The Morgan fingerprint density at radius 3 is 2.33 bits per heavy atom. The van der Waals surface area contributed by atoms with Crippen molar-refractivity contribution in [2.45, 2.75) is 6.92 Å². The van der Waals surface area contributed by atoms with E-state index >= 15 is 0 Å². The molecule has 2 aromatic rings. The molecule has 2 aromatic carbocycles. The molecule has 110 valence electrons. The molecule has 21 heavy (non-hydrogen) atoms. The van der Waals surface area contributed by atoms with Gasteiger partial charge in [0.15, 0.2) is 0 Å². The Balaban J connectivity index is 2.04. The van der Waals surface area contributed by atoms with E-state index in [1.165, 1.54) is 0 Å². The van der Waals surface area contributed by atoms with Crippen LogP contribution in [0.3, 0.4) is 0 Å². The molecule has 4 nitrogen and oxygen atoms in total. The predicted octanol–water partition coefficient (Wildman–Crippen LogP) is 2.76. The van der Waals surface area contributed by atoms with Crippen LogP contribution >= 0.6 is 0 Å². The van der Waals surface area contributed by atoms with E-state index in [0.717, 1.165) is 17.9 Å². The normalized spacial score (nSPS) is 10.2. The van der Waals surface area contributed by atoms with E-state index < -0.39 is 0 Å².